The zero-order valence-electron chi connectivity index (χ0n) is 15.7. The number of nitrogen functional groups attached to an aromatic ring is 1. The first-order chi connectivity index (χ1) is 14.0. The van der Waals surface area contributed by atoms with E-state index in [1.807, 2.05) is 19.1 Å². The maximum absolute atomic E-state index is 13.2. The quantitative estimate of drug-likeness (QED) is 0.462. The molecule has 4 aromatic rings. The van der Waals surface area contributed by atoms with Gasteiger partial charge in [-0.3, -0.25) is 9.59 Å². The Balaban J connectivity index is 1.83. The number of aromatic nitrogens is 1. The van der Waals surface area contributed by atoms with Gasteiger partial charge in [0, 0.05) is 23.5 Å². The number of hydrogen-bond acceptors (Lipinski definition) is 4. The molecule has 6 heteroatoms. The molecule has 0 bridgehead atoms. The van der Waals surface area contributed by atoms with Gasteiger partial charge in [0.2, 0.25) is 5.78 Å². The number of nitrogens with two attached hydrogens (primary N) is 1. The van der Waals surface area contributed by atoms with Gasteiger partial charge in [0.15, 0.2) is 0 Å². The zero-order valence-corrected chi connectivity index (χ0v) is 15.7. The van der Waals surface area contributed by atoms with Crippen LogP contribution in [0.1, 0.15) is 32.0 Å². The van der Waals surface area contributed by atoms with Crippen LogP contribution in [0.3, 0.4) is 0 Å². The molecule has 2 aromatic heterocycles. The lowest BCUT2D eigenvalue weighted by Gasteiger charge is -2.06. The van der Waals surface area contributed by atoms with Crippen molar-refractivity contribution in [2.24, 2.45) is 0 Å². The highest BCUT2D eigenvalue weighted by Gasteiger charge is 2.26. The second-order valence-electron chi connectivity index (χ2n) is 6.80. The first-order valence-electron chi connectivity index (χ1n) is 9.06. The van der Waals surface area contributed by atoms with Crippen LogP contribution in [0.25, 0.3) is 5.52 Å². The number of phenolic OH excluding ortho intramolecular Hbond substituents is 1. The van der Waals surface area contributed by atoms with Gasteiger partial charge >= 0.3 is 0 Å². The third kappa shape index (κ3) is 3.32. The van der Waals surface area contributed by atoms with E-state index in [0.29, 0.717) is 16.8 Å². The summed E-state index contributed by atoms with van der Waals surface area (Å²) in [5.41, 5.74) is 9.30. The minimum absolute atomic E-state index is 0.0350. The van der Waals surface area contributed by atoms with E-state index in [0.717, 1.165) is 5.56 Å². The van der Waals surface area contributed by atoms with Crippen LogP contribution >= 0.6 is 0 Å². The van der Waals surface area contributed by atoms with Crippen molar-refractivity contribution in [1.82, 2.24) is 4.40 Å². The van der Waals surface area contributed by atoms with Crippen LogP contribution in [-0.4, -0.2) is 21.2 Å². The summed E-state index contributed by atoms with van der Waals surface area (Å²) in [6.07, 6.45) is 1.71. The van der Waals surface area contributed by atoms with E-state index in [1.165, 1.54) is 12.1 Å². The molecule has 4 N–H and O–H groups in total. The number of pyridine rings is 1. The summed E-state index contributed by atoms with van der Waals surface area (Å²) in [4.78, 5) is 26.2. The Labute approximate surface area is 167 Å². The fourth-order valence-corrected chi connectivity index (χ4v) is 3.40. The Bertz CT molecular complexity index is 1260. The maximum atomic E-state index is 13.2. The minimum Gasteiger partial charge on any atom is -0.508 e. The smallest absolute Gasteiger partial charge is 0.259 e. The summed E-state index contributed by atoms with van der Waals surface area (Å²) in [7, 11) is 0. The monoisotopic (exact) mass is 385 g/mol. The molecule has 6 nitrogen and oxygen atoms in total. The number of hydrogen-bond donors (Lipinski definition) is 3. The van der Waals surface area contributed by atoms with Crippen LogP contribution in [-0.2, 0) is 0 Å². The maximum Gasteiger partial charge on any atom is 0.259 e. The van der Waals surface area contributed by atoms with E-state index in [-0.39, 0.29) is 28.5 Å². The topological polar surface area (TPSA) is 96.8 Å². The number of fused-ring (bicyclic) bond motifs is 1. The van der Waals surface area contributed by atoms with E-state index in [9.17, 15) is 14.7 Å². The highest BCUT2D eigenvalue weighted by Crippen LogP contribution is 2.29. The lowest BCUT2D eigenvalue weighted by molar-refractivity contribution is 0.102. The molecule has 1 amide bonds. The zero-order chi connectivity index (χ0) is 20.5. The van der Waals surface area contributed by atoms with Gasteiger partial charge in [0.1, 0.15) is 11.4 Å². The number of aromatic hydroxyl groups is 1. The van der Waals surface area contributed by atoms with E-state index in [4.69, 9.17) is 5.73 Å². The number of amides is 1. The van der Waals surface area contributed by atoms with E-state index in [2.05, 4.69) is 5.32 Å². The van der Waals surface area contributed by atoms with Gasteiger partial charge < -0.3 is 20.6 Å². The Morgan fingerprint density at radius 3 is 2.55 bits per heavy atom. The number of phenols is 1. The van der Waals surface area contributed by atoms with Gasteiger partial charge in [-0.2, -0.15) is 0 Å². The van der Waals surface area contributed by atoms with Gasteiger partial charge in [-0.1, -0.05) is 35.9 Å². The van der Waals surface area contributed by atoms with Crippen LogP contribution < -0.4 is 11.1 Å². The van der Waals surface area contributed by atoms with Crippen LogP contribution in [0.15, 0.2) is 72.9 Å². The lowest BCUT2D eigenvalue weighted by Crippen LogP contribution is -2.14. The third-order valence-electron chi connectivity index (χ3n) is 4.71. The molecule has 0 fully saturated rings. The largest absolute Gasteiger partial charge is 0.508 e. The molecule has 4 rings (SSSR count). The number of aryl methyl sites for hydroxylation is 1. The fraction of sp³-hybridized carbons (Fsp3) is 0.0435. The third-order valence-corrected chi connectivity index (χ3v) is 4.71. The van der Waals surface area contributed by atoms with Gasteiger partial charge in [-0.05, 0) is 37.3 Å². The molecule has 0 spiro atoms. The van der Waals surface area contributed by atoms with Crippen molar-refractivity contribution in [3.8, 4) is 5.75 Å². The van der Waals surface area contributed by atoms with Crippen LogP contribution in [0.4, 0.5) is 11.4 Å². The molecule has 0 aliphatic rings. The number of carbonyl (C=O) groups excluding carboxylic acids is 2. The molecule has 2 heterocycles. The molecule has 0 saturated heterocycles. The SMILES string of the molecule is Cc1cccc(C(=O)c2c(N)c(C(=O)Nc3cccc(O)c3)c3ccccn23)c1. The van der Waals surface area contributed by atoms with Crippen molar-refractivity contribution in [1.29, 1.82) is 0 Å². The predicted molar refractivity (Wildman–Crippen MR) is 112 cm³/mol. The number of rotatable bonds is 4. The summed E-state index contributed by atoms with van der Waals surface area (Å²) in [5, 5.41) is 12.4. The molecule has 0 radical (unpaired) electrons. The second-order valence-corrected chi connectivity index (χ2v) is 6.80. The molecule has 0 saturated carbocycles. The highest BCUT2D eigenvalue weighted by molar-refractivity contribution is 6.20. The van der Waals surface area contributed by atoms with E-state index in [1.54, 1.807) is 53.1 Å². The second kappa shape index (κ2) is 7.16. The summed E-state index contributed by atoms with van der Waals surface area (Å²) in [6, 6.07) is 18.7. The highest BCUT2D eigenvalue weighted by atomic mass is 16.3. The first-order valence-corrected chi connectivity index (χ1v) is 9.06. The molecular weight excluding hydrogens is 366 g/mol. The average Bonchev–Trinajstić information content (AvgIpc) is 2.99. The number of nitrogens with zero attached hydrogens (tertiary/aromatic N) is 1. The summed E-state index contributed by atoms with van der Waals surface area (Å²) in [5.74, 6) is -0.684. The normalized spacial score (nSPS) is 10.8. The Morgan fingerprint density at radius 1 is 1.00 bits per heavy atom. The van der Waals surface area contributed by atoms with Crippen molar-refractivity contribution < 1.29 is 14.7 Å². The molecule has 2 aromatic carbocycles. The molecule has 0 aliphatic carbocycles. The van der Waals surface area contributed by atoms with Gasteiger partial charge in [0.25, 0.3) is 5.91 Å². The van der Waals surface area contributed by atoms with Crippen LogP contribution in [0.2, 0.25) is 0 Å². The van der Waals surface area contributed by atoms with Crippen LogP contribution in [0, 0.1) is 6.92 Å². The fourth-order valence-electron chi connectivity index (χ4n) is 3.40. The molecule has 0 aliphatic heterocycles. The molecule has 144 valence electrons. The standard InChI is InChI=1S/C23H19N3O3/c1-14-6-4-7-15(12-14)22(28)21-20(24)19(18-10-2-3-11-26(18)21)23(29)25-16-8-5-9-17(27)13-16/h2-13,27H,24H2,1H3,(H,25,29). The van der Waals surface area contributed by atoms with Gasteiger partial charge in [0.05, 0.1) is 16.8 Å². The van der Waals surface area contributed by atoms with Crippen LogP contribution in [0.5, 0.6) is 5.75 Å². The summed E-state index contributed by atoms with van der Waals surface area (Å²) >= 11 is 0. The summed E-state index contributed by atoms with van der Waals surface area (Å²) in [6.45, 7) is 1.91. The molecule has 0 unspecified atom stereocenters. The van der Waals surface area contributed by atoms with Crippen molar-refractivity contribution in [3.63, 3.8) is 0 Å². The molecular formula is C23H19N3O3. The van der Waals surface area contributed by atoms with Gasteiger partial charge in [-0.15, -0.1) is 0 Å². The minimum atomic E-state index is -0.458. The lowest BCUT2D eigenvalue weighted by atomic mass is 10.0. The number of anilines is 2. The van der Waals surface area contributed by atoms with Crippen molar-refractivity contribution in [2.75, 3.05) is 11.1 Å². The molecule has 0 atom stereocenters. The summed E-state index contributed by atoms with van der Waals surface area (Å²) < 4.78 is 1.64. The number of benzene rings is 2. The Hall–Kier alpha value is -4.06. The van der Waals surface area contributed by atoms with Crippen molar-refractivity contribution in [3.05, 3.63) is 95.3 Å². The Kier molecular flexibility index (Phi) is 4.52. The average molecular weight is 385 g/mol. The van der Waals surface area contributed by atoms with E-state index < -0.39 is 5.91 Å². The predicted octanol–water partition coefficient (Wildman–Crippen LogP) is 4.02. The number of carbonyl (C=O) groups is 2. The van der Waals surface area contributed by atoms with Crippen molar-refractivity contribution >= 4 is 28.6 Å². The first kappa shape index (κ1) is 18.3. The van der Waals surface area contributed by atoms with E-state index >= 15 is 0 Å². The molecule has 29 heavy (non-hydrogen) atoms. The number of nitrogens with one attached hydrogen (secondary N) is 1. The number of ketones is 1. The van der Waals surface area contributed by atoms with Gasteiger partial charge in [-0.25, -0.2) is 0 Å². The Morgan fingerprint density at radius 2 is 1.79 bits per heavy atom. The van der Waals surface area contributed by atoms with Crippen molar-refractivity contribution in [2.45, 2.75) is 6.92 Å².